The highest BCUT2D eigenvalue weighted by molar-refractivity contribution is 5.15. The number of rotatable bonds is 9. The molecule has 2 rings (SSSR count). The summed E-state index contributed by atoms with van der Waals surface area (Å²) >= 11 is 0. The fourth-order valence-corrected chi connectivity index (χ4v) is 3.98. The van der Waals surface area contributed by atoms with Crippen molar-refractivity contribution in [3.63, 3.8) is 0 Å². The largest absolute Gasteiger partial charge is 0.330 e. The zero-order valence-corrected chi connectivity index (χ0v) is 15.5. The lowest BCUT2D eigenvalue weighted by Gasteiger charge is -2.34. The van der Waals surface area contributed by atoms with Gasteiger partial charge in [0.15, 0.2) is 0 Å². The van der Waals surface area contributed by atoms with Crippen molar-refractivity contribution < 1.29 is 4.39 Å². The second kappa shape index (κ2) is 10.1. The normalized spacial score (nSPS) is 21.6. The van der Waals surface area contributed by atoms with Crippen molar-refractivity contribution in [2.45, 2.75) is 58.9 Å². The Bertz CT molecular complexity index is 447. The van der Waals surface area contributed by atoms with Crippen molar-refractivity contribution in [2.75, 3.05) is 19.6 Å². The van der Waals surface area contributed by atoms with Gasteiger partial charge in [-0.05, 0) is 67.7 Å². The molecule has 0 amide bonds. The van der Waals surface area contributed by atoms with E-state index in [2.05, 4.69) is 18.7 Å². The van der Waals surface area contributed by atoms with Crippen molar-refractivity contribution in [2.24, 2.45) is 23.5 Å². The minimum absolute atomic E-state index is 0.148. The lowest BCUT2D eigenvalue weighted by Crippen LogP contribution is -2.35. The first-order chi connectivity index (χ1) is 11.6. The third-order valence-electron chi connectivity index (χ3n) is 5.81. The summed E-state index contributed by atoms with van der Waals surface area (Å²) in [5.41, 5.74) is 7.05. The summed E-state index contributed by atoms with van der Waals surface area (Å²) in [6.07, 6.45) is 7.66. The van der Waals surface area contributed by atoms with Crippen LogP contribution >= 0.6 is 0 Å². The predicted molar refractivity (Wildman–Crippen MR) is 100 cm³/mol. The van der Waals surface area contributed by atoms with Crippen LogP contribution in [0, 0.1) is 23.6 Å². The van der Waals surface area contributed by atoms with Crippen molar-refractivity contribution in [1.82, 2.24) is 4.90 Å². The second-order valence-electron chi connectivity index (χ2n) is 7.63. The summed E-state index contributed by atoms with van der Waals surface area (Å²) in [6.45, 7) is 8.69. The lowest BCUT2D eigenvalue weighted by molar-refractivity contribution is 0.153. The van der Waals surface area contributed by atoms with Crippen LogP contribution in [0.4, 0.5) is 4.39 Å². The fourth-order valence-electron chi connectivity index (χ4n) is 3.98. The lowest BCUT2D eigenvalue weighted by atomic mass is 9.81. The van der Waals surface area contributed by atoms with Crippen molar-refractivity contribution >= 4 is 0 Å². The molecule has 1 aromatic rings. The first-order valence-electron chi connectivity index (χ1n) is 9.81. The van der Waals surface area contributed by atoms with Gasteiger partial charge in [0.25, 0.3) is 0 Å². The molecule has 2 N–H and O–H groups in total. The van der Waals surface area contributed by atoms with Gasteiger partial charge in [-0.2, -0.15) is 0 Å². The molecule has 3 heteroatoms. The molecule has 1 aliphatic rings. The number of benzene rings is 1. The van der Waals surface area contributed by atoms with Crippen LogP contribution in [0.5, 0.6) is 0 Å². The smallest absolute Gasteiger partial charge is 0.123 e. The number of hydrogen-bond acceptors (Lipinski definition) is 2. The van der Waals surface area contributed by atoms with E-state index < -0.39 is 0 Å². The standard InChI is InChI=1S/C21H35FN2/c1-3-17(4-2)14-24(16-20-9-11-21(22)12-10-20)15-19-7-5-18(13-23)6-8-19/h9-12,17-19H,3-8,13-16,23H2,1-2H3. The van der Waals surface area contributed by atoms with Gasteiger partial charge in [-0.15, -0.1) is 0 Å². The topological polar surface area (TPSA) is 29.3 Å². The quantitative estimate of drug-likeness (QED) is 0.701. The van der Waals surface area contributed by atoms with Gasteiger partial charge in [0, 0.05) is 19.6 Å². The molecule has 1 aromatic carbocycles. The second-order valence-corrected chi connectivity index (χ2v) is 7.63. The molecule has 0 unspecified atom stereocenters. The van der Waals surface area contributed by atoms with Crippen LogP contribution in [-0.4, -0.2) is 24.5 Å². The monoisotopic (exact) mass is 334 g/mol. The number of nitrogens with two attached hydrogens (primary N) is 1. The Kier molecular flexibility index (Phi) is 8.20. The average Bonchev–Trinajstić information content (AvgIpc) is 2.62. The molecular weight excluding hydrogens is 299 g/mol. The Labute approximate surface area is 147 Å². The SMILES string of the molecule is CCC(CC)CN(Cc1ccc(F)cc1)CC1CCC(CN)CC1. The van der Waals surface area contributed by atoms with Crippen LogP contribution in [0.1, 0.15) is 57.9 Å². The molecule has 0 aromatic heterocycles. The Morgan fingerprint density at radius 3 is 2.17 bits per heavy atom. The molecule has 0 spiro atoms. The number of nitrogens with zero attached hydrogens (tertiary/aromatic N) is 1. The summed E-state index contributed by atoms with van der Waals surface area (Å²) in [5.74, 6) is 2.14. The first kappa shape index (κ1) is 19.4. The molecule has 1 saturated carbocycles. The molecule has 136 valence electrons. The third kappa shape index (κ3) is 6.18. The highest BCUT2D eigenvalue weighted by Gasteiger charge is 2.23. The fraction of sp³-hybridized carbons (Fsp3) is 0.714. The Morgan fingerprint density at radius 1 is 1.04 bits per heavy atom. The molecule has 0 bridgehead atoms. The molecule has 0 heterocycles. The van der Waals surface area contributed by atoms with Crippen LogP contribution in [0.2, 0.25) is 0 Å². The molecule has 2 nitrogen and oxygen atoms in total. The average molecular weight is 335 g/mol. The summed E-state index contributed by atoms with van der Waals surface area (Å²) < 4.78 is 13.2. The maximum absolute atomic E-state index is 13.2. The predicted octanol–water partition coefficient (Wildman–Crippen LogP) is 4.83. The van der Waals surface area contributed by atoms with Gasteiger partial charge in [-0.3, -0.25) is 4.90 Å². The van der Waals surface area contributed by atoms with E-state index in [0.29, 0.717) is 0 Å². The van der Waals surface area contributed by atoms with Gasteiger partial charge in [0.05, 0.1) is 0 Å². The van der Waals surface area contributed by atoms with Crippen molar-refractivity contribution in [3.05, 3.63) is 35.6 Å². The van der Waals surface area contributed by atoms with Crippen molar-refractivity contribution in [3.8, 4) is 0 Å². The van der Waals surface area contributed by atoms with E-state index in [9.17, 15) is 4.39 Å². The van der Waals surface area contributed by atoms with E-state index in [0.717, 1.165) is 37.4 Å². The Morgan fingerprint density at radius 2 is 1.62 bits per heavy atom. The minimum atomic E-state index is -0.148. The molecule has 0 atom stereocenters. The maximum Gasteiger partial charge on any atom is 0.123 e. The third-order valence-corrected chi connectivity index (χ3v) is 5.81. The van der Waals surface area contributed by atoms with E-state index in [1.807, 2.05) is 12.1 Å². The molecule has 24 heavy (non-hydrogen) atoms. The van der Waals surface area contributed by atoms with Gasteiger partial charge in [0.2, 0.25) is 0 Å². The minimum Gasteiger partial charge on any atom is -0.330 e. The van der Waals surface area contributed by atoms with Crippen LogP contribution in [0.25, 0.3) is 0 Å². The van der Waals surface area contributed by atoms with E-state index in [1.165, 1.54) is 50.6 Å². The van der Waals surface area contributed by atoms with Gasteiger partial charge >= 0.3 is 0 Å². The summed E-state index contributed by atoms with van der Waals surface area (Å²) in [4.78, 5) is 2.61. The van der Waals surface area contributed by atoms with Crippen molar-refractivity contribution in [1.29, 1.82) is 0 Å². The zero-order chi connectivity index (χ0) is 17.4. The summed E-state index contributed by atoms with van der Waals surface area (Å²) in [7, 11) is 0. The van der Waals surface area contributed by atoms with Crippen LogP contribution in [0.3, 0.4) is 0 Å². The Balaban J connectivity index is 1.95. The summed E-state index contributed by atoms with van der Waals surface area (Å²) in [6, 6.07) is 7.02. The maximum atomic E-state index is 13.2. The van der Waals surface area contributed by atoms with Crippen LogP contribution in [0.15, 0.2) is 24.3 Å². The van der Waals surface area contributed by atoms with E-state index in [1.54, 1.807) is 12.1 Å². The molecular formula is C21H35FN2. The van der Waals surface area contributed by atoms with E-state index in [4.69, 9.17) is 5.73 Å². The van der Waals surface area contributed by atoms with Crippen LogP contribution in [-0.2, 0) is 6.54 Å². The molecule has 0 radical (unpaired) electrons. The molecule has 1 aliphatic carbocycles. The first-order valence-corrected chi connectivity index (χ1v) is 9.81. The van der Waals surface area contributed by atoms with Crippen LogP contribution < -0.4 is 5.73 Å². The molecule has 0 aliphatic heterocycles. The Hall–Kier alpha value is -0.930. The zero-order valence-electron chi connectivity index (χ0n) is 15.5. The summed E-state index contributed by atoms with van der Waals surface area (Å²) in [5, 5.41) is 0. The molecule has 0 saturated heterocycles. The van der Waals surface area contributed by atoms with E-state index in [-0.39, 0.29) is 5.82 Å². The van der Waals surface area contributed by atoms with Gasteiger partial charge in [-0.1, -0.05) is 38.8 Å². The molecule has 1 fully saturated rings. The highest BCUT2D eigenvalue weighted by Crippen LogP contribution is 2.29. The van der Waals surface area contributed by atoms with Gasteiger partial charge in [-0.25, -0.2) is 4.39 Å². The number of halogens is 1. The van der Waals surface area contributed by atoms with Gasteiger partial charge < -0.3 is 5.73 Å². The number of hydrogen-bond donors (Lipinski definition) is 1. The van der Waals surface area contributed by atoms with Gasteiger partial charge in [0.1, 0.15) is 5.82 Å². The highest BCUT2D eigenvalue weighted by atomic mass is 19.1. The van der Waals surface area contributed by atoms with E-state index >= 15 is 0 Å².